The summed E-state index contributed by atoms with van der Waals surface area (Å²) in [6.45, 7) is 4.98. The lowest BCUT2D eigenvalue weighted by Crippen LogP contribution is -2.27. The van der Waals surface area contributed by atoms with E-state index in [0.29, 0.717) is 0 Å². The Kier molecular flexibility index (Phi) is 4.45. The minimum absolute atomic E-state index is 0.877. The molecule has 0 aromatic carbocycles. The number of hydrogen-bond acceptors (Lipinski definition) is 2. The van der Waals surface area contributed by atoms with Gasteiger partial charge in [-0.15, -0.1) is 0 Å². The first-order valence-electron chi connectivity index (χ1n) is 6.81. The molecule has 2 fully saturated rings. The molecule has 2 heteroatoms. The van der Waals surface area contributed by atoms with Gasteiger partial charge < -0.3 is 10.6 Å². The van der Waals surface area contributed by atoms with Crippen LogP contribution in [0.1, 0.15) is 44.9 Å². The smallest absolute Gasteiger partial charge is 0.000966 e. The number of nitrogens with two attached hydrogens (primary N) is 1. The van der Waals surface area contributed by atoms with Crippen LogP contribution in [-0.2, 0) is 0 Å². The van der Waals surface area contributed by atoms with Gasteiger partial charge in [0.05, 0.1) is 0 Å². The standard InChI is InChI=1S/C13H26N2/c14-8-1-3-12-4-2-9-15(10-7-12)11-13-5-6-13/h12-13H,1-11,14H2. The van der Waals surface area contributed by atoms with Crippen molar-refractivity contribution < 1.29 is 0 Å². The van der Waals surface area contributed by atoms with Crippen molar-refractivity contribution in [1.82, 2.24) is 4.90 Å². The van der Waals surface area contributed by atoms with Gasteiger partial charge in [0.1, 0.15) is 0 Å². The normalized spacial score (nSPS) is 29.0. The van der Waals surface area contributed by atoms with Gasteiger partial charge in [-0.25, -0.2) is 0 Å². The molecule has 1 heterocycles. The van der Waals surface area contributed by atoms with Gasteiger partial charge in [-0.2, -0.15) is 0 Å². The molecule has 1 atom stereocenters. The fourth-order valence-corrected chi connectivity index (χ4v) is 2.77. The van der Waals surface area contributed by atoms with E-state index in [9.17, 15) is 0 Å². The maximum atomic E-state index is 5.58. The van der Waals surface area contributed by atoms with E-state index >= 15 is 0 Å². The maximum Gasteiger partial charge on any atom is 0.000966 e. The number of rotatable bonds is 5. The molecule has 0 aromatic rings. The van der Waals surface area contributed by atoms with E-state index in [0.717, 1.165) is 18.4 Å². The van der Waals surface area contributed by atoms with Crippen LogP contribution < -0.4 is 5.73 Å². The lowest BCUT2D eigenvalue weighted by Gasteiger charge is -2.19. The van der Waals surface area contributed by atoms with Crippen LogP contribution in [0.25, 0.3) is 0 Å². The molecule has 1 unspecified atom stereocenters. The Balaban J connectivity index is 1.66. The zero-order valence-electron chi connectivity index (χ0n) is 9.96. The number of hydrogen-bond donors (Lipinski definition) is 1. The molecular formula is C13H26N2. The summed E-state index contributed by atoms with van der Waals surface area (Å²) in [4.78, 5) is 2.71. The summed E-state index contributed by atoms with van der Waals surface area (Å²) in [5, 5.41) is 0. The first kappa shape index (κ1) is 11.4. The minimum Gasteiger partial charge on any atom is -0.330 e. The zero-order valence-corrected chi connectivity index (χ0v) is 9.96. The first-order valence-corrected chi connectivity index (χ1v) is 6.81. The van der Waals surface area contributed by atoms with Crippen molar-refractivity contribution in [3.05, 3.63) is 0 Å². The molecule has 0 amide bonds. The van der Waals surface area contributed by atoms with E-state index in [1.54, 1.807) is 0 Å². The third kappa shape index (κ3) is 4.12. The average molecular weight is 210 g/mol. The lowest BCUT2D eigenvalue weighted by molar-refractivity contribution is 0.268. The second-order valence-electron chi connectivity index (χ2n) is 5.47. The van der Waals surface area contributed by atoms with E-state index in [1.807, 2.05) is 0 Å². The maximum absolute atomic E-state index is 5.58. The fourth-order valence-electron chi connectivity index (χ4n) is 2.77. The Hall–Kier alpha value is -0.0800. The molecule has 0 bridgehead atoms. The second-order valence-corrected chi connectivity index (χ2v) is 5.47. The van der Waals surface area contributed by atoms with Gasteiger partial charge in [-0.05, 0) is 76.4 Å². The largest absolute Gasteiger partial charge is 0.330 e. The van der Waals surface area contributed by atoms with Gasteiger partial charge in [0.25, 0.3) is 0 Å². The van der Waals surface area contributed by atoms with E-state index in [1.165, 1.54) is 64.6 Å². The molecule has 0 spiro atoms. The highest BCUT2D eigenvalue weighted by molar-refractivity contribution is 4.79. The Morgan fingerprint density at radius 1 is 1.00 bits per heavy atom. The topological polar surface area (TPSA) is 29.3 Å². The zero-order chi connectivity index (χ0) is 10.5. The van der Waals surface area contributed by atoms with Crippen molar-refractivity contribution >= 4 is 0 Å². The van der Waals surface area contributed by atoms with E-state index in [2.05, 4.69) is 4.90 Å². The molecule has 1 aliphatic heterocycles. The van der Waals surface area contributed by atoms with Crippen LogP contribution in [0.2, 0.25) is 0 Å². The molecule has 0 aromatic heterocycles. The third-order valence-corrected chi connectivity index (χ3v) is 3.97. The Labute approximate surface area is 94.2 Å². The highest BCUT2D eigenvalue weighted by Gasteiger charge is 2.25. The van der Waals surface area contributed by atoms with E-state index < -0.39 is 0 Å². The van der Waals surface area contributed by atoms with Gasteiger partial charge >= 0.3 is 0 Å². The molecule has 1 saturated heterocycles. The highest BCUT2D eigenvalue weighted by atomic mass is 15.1. The van der Waals surface area contributed by atoms with Crippen molar-refractivity contribution in [3.63, 3.8) is 0 Å². The van der Waals surface area contributed by atoms with Crippen LogP contribution in [-0.4, -0.2) is 31.1 Å². The van der Waals surface area contributed by atoms with Crippen molar-refractivity contribution in [2.45, 2.75) is 44.9 Å². The van der Waals surface area contributed by atoms with Crippen molar-refractivity contribution in [2.24, 2.45) is 17.6 Å². The molecule has 1 aliphatic carbocycles. The second kappa shape index (κ2) is 5.86. The van der Waals surface area contributed by atoms with Crippen LogP contribution in [0, 0.1) is 11.8 Å². The predicted molar refractivity (Wildman–Crippen MR) is 64.8 cm³/mol. The van der Waals surface area contributed by atoms with E-state index in [-0.39, 0.29) is 0 Å². The summed E-state index contributed by atoms with van der Waals surface area (Å²) < 4.78 is 0. The quantitative estimate of drug-likeness (QED) is 0.754. The van der Waals surface area contributed by atoms with Gasteiger partial charge in [0.2, 0.25) is 0 Å². The van der Waals surface area contributed by atoms with Gasteiger partial charge in [0, 0.05) is 6.54 Å². The molecule has 2 aliphatic rings. The molecule has 2 N–H and O–H groups in total. The van der Waals surface area contributed by atoms with Crippen molar-refractivity contribution in [1.29, 1.82) is 0 Å². The van der Waals surface area contributed by atoms with Crippen molar-refractivity contribution in [2.75, 3.05) is 26.2 Å². The van der Waals surface area contributed by atoms with Crippen LogP contribution in [0.4, 0.5) is 0 Å². The van der Waals surface area contributed by atoms with Gasteiger partial charge in [0.15, 0.2) is 0 Å². The predicted octanol–water partition coefficient (Wildman–Crippen LogP) is 2.24. The Morgan fingerprint density at radius 3 is 2.60 bits per heavy atom. The van der Waals surface area contributed by atoms with E-state index in [4.69, 9.17) is 5.73 Å². The summed E-state index contributed by atoms with van der Waals surface area (Å²) in [5.41, 5.74) is 5.58. The van der Waals surface area contributed by atoms with Crippen LogP contribution in [0.3, 0.4) is 0 Å². The summed E-state index contributed by atoms with van der Waals surface area (Å²) in [5.74, 6) is 2.03. The third-order valence-electron chi connectivity index (χ3n) is 3.97. The Bertz CT molecular complexity index is 177. The van der Waals surface area contributed by atoms with Crippen molar-refractivity contribution in [3.8, 4) is 0 Å². The van der Waals surface area contributed by atoms with Gasteiger partial charge in [-0.1, -0.05) is 0 Å². The molecule has 2 rings (SSSR count). The fraction of sp³-hybridized carbons (Fsp3) is 1.00. The molecule has 15 heavy (non-hydrogen) atoms. The minimum atomic E-state index is 0.877. The van der Waals surface area contributed by atoms with Gasteiger partial charge in [-0.3, -0.25) is 0 Å². The van der Waals surface area contributed by atoms with Crippen LogP contribution in [0.15, 0.2) is 0 Å². The highest BCUT2D eigenvalue weighted by Crippen LogP contribution is 2.31. The van der Waals surface area contributed by atoms with Crippen LogP contribution >= 0.6 is 0 Å². The SMILES string of the molecule is NCCCC1CCCN(CC2CC2)CC1. The molecule has 88 valence electrons. The summed E-state index contributed by atoms with van der Waals surface area (Å²) >= 11 is 0. The summed E-state index contributed by atoms with van der Waals surface area (Å²) in [6, 6.07) is 0. The monoisotopic (exact) mass is 210 g/mol. The molecule has 2 nitrogen and oxygen atoms in total. The number of nitrogens with zero attached hydrogens (tertiary/aromatic N) is 1. The van der Waals surface area contributed by atoms with Crippen LogP contribution in [0.5, 0.6) is 0 Å². The summed E-state index contributed by atoms with van der Waals surface area (Å²) in [7, 11) is 0. The first-order chi connectivity index (χ1) is 7.38. The number of likely N-dealkylation sites (tertiary alicyclic amines) is 1. The summed E-state index contributed by atoms with van der Waals surface area (Å²) in [6.07, 6.45) is 9.87. The molecule has 0 radical (unpaired) electrons. The molecule has 1 saturated carbocycles. The molecular weight excluding hydrogens is 184 g/mol. The Morgan fingerprint density at radius 2 is 1.87 bits per heavy atom. The average Bonchev–Trinajstić information content (AvgIpc) is 3.04. The lowest BCUT2D eigenvalue weighted by atomic mass is 9.95.